The molecule has 0 unspecified atom stereocenters. The van der Waals surface area contributed by atoms with Gasteiger partial charge < -0.3 is 14.2 Å². The van der Waals surface area contributed by atoms with Gasteiger partial charge in [0.05, 0.1) is 30.6 Å². The summed E-state index contributed by atoms with van der Waals surface area (Å²) in [7, 11) is 0. The molecule has 3 aromatic heterocycles. The monoisotopic (exact) mass is 480 g/mol. The van der Waals surface area contributed by atoms with Crippen LogP contribution in [0, 0.1) is 6.92 Å². The van der Waals surface area contributed by atoms with Crippen LogP contribution in [0.3, 0.4) is 0 Å². The average molecular weight is 480 g/mol. The molecule has 5 heterocycles. The van der Waals surface area contributed by atoms with Gasteiger partial charge in [-0.3, -0.25) is 4.79 Å². The number of ether oxygens (including phenoxy) is 1. The van der Waals surface area contributed by atoms with E-state index in [4.69, 9.17) is 9.26 Å². The normalized spacial score (nSPS) is 19.9. The average Bonchev–Trinajstić information content (AvgIpc) is 3.14. The number of hydrogen-bond donors (Lipinski definition) is 0. The van der Waals surface area contributed by atoms with Gasteiger partial charge in [-0.1, -0.05) is 5.16 Å². The van der Waals surface area contributed by atoms with Crippen molar-refractivity contribution in [3.05, 3.63) is 51.9 Å². The summed E-state index contributed by atoms with van der Waals surface area (Å²) in [5.41, 5.74) is -0.538. The molecule has 1 atom stereocenters. The van der Waals surface area contributed by atoms with Crippen LogP contribution in [0.1, 0.15) is 29.7 Å². The summed E-state index contributed by atoms with van der Waals surface area (Å²) in [4.78, 5) is 22.2. The Kier molecular flexibility index (Phi) is 5.38. The summed E-state index contributed by atoms with van der Waals surface area (Å²) in [6.45, 7) is 2.80. The van der Waals surface area contributed by atoms with E-state index in [1.165, 1.54) is 10.7 Å². The molecule has 9 nitrogen and oxygen atoms in total. The molecule has 13 heteroatoms. The number of alkyl halides is 4. The maximum Gasteiger partial charge on any atom is 0.419 e. The number of aryl methyl sites for hydroxylation is 1. The highest BCUT2D eigenvalue weighted by molar-refractivity contribution is 5.55. The molecule has 0 saturated carbocycles. The number of rotatable bonds is 4. The first kappa shape index (κ1) is 22.4. The topological polar surface area (TPSA) is 99.2 Å². The lowest BCUT2D eigenvalue weighted by Crippen LogP contribution is -2.65. The Morgan fingerprint density at radius 3 is 2.56 bits per heavy atom. The molecule has 0 amide bonds. The Morgan fingerprint density at radius 2 is 1.94 bits per heavy atom. The summed E-state index contributed by atoms with van der Waals surface area (Å²) in [6.07, 6.45) is -1.50. The van der Waals surface area contributed by atoms with E-state index >= 15 is 0 Å². The molecule has 0 bridgehead atoms. The maximum atomic E-state index is 13.3. The van der Waals surface area contributed by atoms with E-state index in [0.717, 1.165) is 0 Å². The minimum Gasteiger partial charge on any atom is -0.368 e. The Labute approximate surface area is 190 Å². The van der Waals surface area contributed by atoms with Crippen molar-refractivity contribution in [2.45, 2.75) is 44.3 Å². The third-order valence-electron chi connectivity index (χ3n) is 6.15. The Morgan fingerprint density at radius 1 is 1.21 bits per heavy atom. The van der Waals surface area contributed by atoms with E-state index < -0.39 is 17.9 Å². The quantitative estimate of drug-likeness (QED) is 0.526. The smallest absolute Gasteiger partial charge is 0.368 e. The molecule has 0 N–H and O–H groups in total. The second-order valence-electron chi connectivity index (χ2n) is 8.55. The van der Waals surface area contributed by atoms with Crippen LogP contribution in [0.25, 0.3) is 11.5 Å². The second-order valence-corrected chi connectivity index (χ2v) is 8.55. The van der Waals surface area contributed by atoms with Gasteiger partial charge in [0.15, 0.2) is 11.5 Å². The van der Waals surface area contributed by atoms with Crippen LogP contribution in [0.4, 0.5) is 23.2 Å². The zero-order valence-corrected chi connectivity index (χ0v) is 18.0. The summed E-state index contributed by atoms with van der Waals surface area (Å²) in [6, 6.07) is 1.44. The van der Waals surface area contributed by atoms with Crippen LogP contribution >= 0.6 is 0 Å². The SMILES string of the molecule is Cc1onc(-c2ncc(C(F)(F)F)cn2)c1Cn1ncc(N2CC3(CC[C@@H](F)CO3)C2)cc1=O. The maximum absolute atomic E-state index is 13.3. The highest BCUT2D eigenvalue weighted by atomic mass is 19.4. The highest BCUT2D eigenvalue weighted by Gasteiger charge is 2.47. The van der Waals surface area contributed by atoms with E-state index in [0.29, 0.717) is 55.3 Å². The lowest BCUT2D eigenvalue weighted by Gasteiger charge is -2.52. The van der Waals surface area contributed by atoms with Crippen molar-refractivity contribution < 1.29 is 26.8 Å². The van der Waals surface area contributed by atoms with E-state index in [1.807, 2.05) is 4.90 Å². The van der Waals surface area contributed by atoms with Gasteiger partial charge in [-0.05, 0) is 19.8 Å². The summed E-state index contributed by atoms with van der Waals surface area (Å²) in [5.74, 6) is 0.306. The molecule has 0 aromatic carbocycles. The predicted molar refractivity (Wildman–Crippen MR) is 110 cm³/mol. The lowest BCUT2D eigenvalue weighted by atomic mass is 9.85. The Hall–Kier alpha value is -3.35. The molecule has 5 rings (SSSR count). The zero-order valence-electron chi connectivity index (χ0n) is 18.0. The molecular formula is C21H20F4N6O3. The van der Waals surface area contributed by atoms with Gasteiger partial charge >= 0.3 is 6.18 Å². The molecule has 2 aliphatic rings. The standard InChI is InChI=1S/C21H20F4N6O3/c1-12-16(18(29-34-12)19-26-5-13(6-27-19)21(23,24)25)8-31-17(32)4-15(7-28-31)30-10-20(11-30)3-2-14(22)9-33-20/h4-7,14H,2-3,8-11H2,1H3/t14-/m1/s1. The van der Waals surface area contributed by atoms with Crippen LogP contribution in [0.5, 0.6) is 0 Å². The first-order valence-electron chi connectivity index (χ1n) is 10.6. The molecule has 180 valence electrons. The molecular weight excluding hydrogens is 460 g/mol. The van der Waals surface area contributed by atoms with Crippen molar-refractivity contribution in [3.63, 3.8) is 0 Å². The molecule has 3 aromatic rings. The number of nitrogens with zero attached hydrogens (tertiary/aromatic N) is 6. The molecule has 1 spiro atoms. The summed E-state index contributed by atoms with van der Waals surface area (Å²) >= 11 is 0. The first-order chi connectivity index (χ1) is 16.1. The molecule has 34 heavy (non-hydrogen) atoms. The van der Waals surface area contributed by atoms with Crippen molar-refractivity contribution in [1.82, 2.24) is 24.9 Å². The van der Waals surface area contributed by atoms with Gasteiger partial charge in [0.25, 0.3) is 5.56 Å². The third kappa shape index (κ3) is 4.15. The van der Waals surface area contributed by atoms with Crippen molar-refractivity contribution in [2.75, 3.05) is 24.6 Å². The summed E-state index contributed by atoms with van der Waals surface area (Å²) < 4.78 is 63.7. The van der Waals surface area contributed by atoms with Crippen LogP contribution in [-0.2, 0) is 17.5 Å². The zero-order chi connectivity index (χ0) is 24.1. The van der Waals surface area contributed by atoms with Gasteiger partial charge in [-0.25, -0.2) is 19.0 Å². The highest BCUT2D eigenvalue weighted by Crippen LogP contribution is 2.37. The van der Waals surface area contributed by atoms with Gasteiger partial charge in [0.1, 0.15) is 17.5 Å². The van der Waals surface area contributed by atoms with Crippen LogP contribution in [0.2, 0.25) is 0 Å². The van der Waals surface area contributed by atoms with E-state index in [9.17, 15) is 22.4 Å². The van der Waals surface area contributed by atoms with Gasteiger partial charge in [0.2, 0.25) is 0 Å². The molecule has 0 radical (unpaired) electrons. The summed E-state index contributed by atoms with van der Waals surface area (Å²) in [5, 5.41) is 8.08. The minimum absolute atomic E-state index is 0.0287. The molecule has 0 aliphatic carbocycles. The fraction of sp³-hybridized carbons (Fsp3) is 0.476. The molecule has 2 saturated heterocycles. The van der Waals surface area contributed by atoms with Crippen molar-refractivity contribution in [1.29, 1.82) is 0 Å². The van der Waals surface area contributed by atoms with Gasteiger partial charge in [-0.15, -0.1) is 0 Å². The third-order valence-corrected chi connectivity index (χ3v) is 6.15. The van der Waals surface area contributed by atoms with Gasteiger partial charge in [0, 0.05) is 37.1 Å². The van der Waals surface area contributed by atoms with E-state index in [-0.39, 0.29) is 35.8 Å². The lowest BCUT2D eigenvalue weighted by molar-refractivity contribution is -0.138. The number of hydrogen-bond acceptors (Lipinski definition) is 8. The fourth-order valence-corrected chi connectivity index (χ4v) is 4.14. The Balaban J connectivity index is 1.32. The van der Waals surface area contributed by atoms with Crippen molar-refractivity contribution in [2.24, 2.45) is 0 Å². The van der Waals surface area contributed by atoms with Crippen LogP contribution < -0.4 is 10.5 Å². The number of aromatic nitrogens is 5. The van der Waals surface area contributed by atoms with Crippen LogP contribution in [-0.4, -0.2) is 56.4 Å². The molecule has 2 aliphatic heterocycles. The van der Waals surface area contributed by atoms with Crippen LogP contribution in [0.15, 0.2) is 34.0 Å². The number of halogens is 4. The first-order valence-corrected chi connectivity index (χ1v) is 10.6. The van der Waals surface area contributed by atoms with Gasteiger partial charge in [-0.2, -0.15) is 18.3 Å². The fourth-order valence-electron chi connectivity index (χ4n) is 4.14. The van der Waals surface area contributed by atoms with Crippen molar-refractivity contribution in [3.8, 4) is 11.5 Å². The predicted octanol–water partition coefficient (Wildman–Crippen LogP) is 2.77. The number of anilines is 1. The van der Waals surface area contributed by atoms with Crippen molar-refractivity contribution >= 4 is 5.69 Å². The van der Waals surface area contributed by atoms with E-state index in [1.54, 1.807) is 13.1 Å². The van der Waals surface area contributed by atoms with E-state index in [2.05, 4.69) is 20.2 Å². The minimum atomic E-state index is -4.56. The largest absolute Gasteiger partial charge is 0.419 e. The Bertz CT molecular complexity index is 1240. The second kappa shape index (κ2) is 8.15. The molecule has 2 fully saturated rings.